The van der Waals surface area contributed by atoms with Gasteiger partial charge in [0.05, 0.1) is 5.71 Å². The molecule has 1 N–H and O–H groups in total. The molecule has 1 aliphatic carbocycles. The highest BCUT2D eigenvalue weighted by atomic mass is 16.1. The van der Waals surface area contributed by atoms with Crippen molar-refractivity contribution in [2.24, 2.45) is 0 Å². The molecule has 0 radical (unpaired) electrons. The molecule has 3 nitrogen and oxygen atoms in total. The molecule has 3 heteroatoms. The van der Waals surface area contributed by atoms with Crippen LogP contribution in [0, 0.1) is 5.41 Å². The number of nitrogens with zero attached hydrogens (tertiary/aromatic N) is 1. The molecular weight excluding hydrogens is 308 g/mol. The van der Waals surface area contributed by atoms with Gasteiger partial charge in [0.1, 0.15) is 5.78 Å². The minimum atomic E-state index is 0.160. The zero-order chi connectivity index (χ0) is 18.0. The van der Waals surface area contributed by atoms with Gasteiger partial charge in [-0.2, -0.15) is 0 Å². The van der Waals surface area contributed by atoms with E-state index in [9.17, 15) is 4.79 Å². The first kappa shape index (κ1) is 16.9. The van der Waals surface area contributed by atoms with Gasteiger partial charge in [0.15, 0.2) is 0 Å². The smallest absolute Gasteiger partial charge is 0.130 e. The largest absolute Gasteiger partial charge is 0.344 e. The number of fused-ring (bicyclic) bond motifs is 1. The average Bonchev–Trinajstić information content (AvgIpc) is 2.59. The third kappa shape index (κ3) is 3.61. The fraction of sp³-hybridized carbons (Fsp3) is 0.182. The molecule has 2 aliphatic rings. The molecule has 126 valence electrons. The molecule has 0 unspecified atom stereocenters. The summed E-state index contributed by atoms with van der Waals surface area (Å²) < 4.78 is 0. The molecule has 0 bridgehead atoms. The quantitative estimate of drug-likeness (QED) is 0.846. The van der Waals surface area contributed by atoms with Crippen LogP contribution in [0.3, 0.4) is 0 Å². The van der Waals surface area contributed by atoms with Crippen LogP contribution >= 0.6 is 0 Å². The van der Waals surface area contributed by atoms with E-state index >= 15 is 0 Å². The molecular formula is C22H22N2O. The first-order chi connectivity index (χ1) is 12.0. The number of benzene rings is 1. The number of hydrogen-bond donors (Lipinski definition) is 1. The van der Waals surface area contributed by atoms with E-state index < -0.39 is 0 Å². The van der Waals surface area contributed by atoms with E-state index in [1.165, 1.54) is 5.56 Å². The molecule has 0 saturated carbocycles. The molecule has 0 atom stereocenters. The fourth-order valence-corrected chi connectivity index (χ4v) is 3.08. The SMILES string of the molecule is C=C1C=C(CN2C=Cc3ccccc3C2=C)C(CCC(C)=O)=CC1=N. The van der Waals surface area contributed by atoms with Gasteiger partial charge < -0.3 is 15.1 Å². The molecule has 1 heterocycles. The minimum Gasteiger partial charge on any atom is -0.344 e. The number of nitrogens with one attached hydrogen (secondary N) is 1. The summed E-state index contributed by atoms with van der Waals surface area (Å²) in [5.74, 6) is 0.160. The van der Waals surface area contributed by atoms with Gasteiger partial charge >= 0.3 is 0 Å². The second-order valence-corrected chi connectivity index (χ2v) is 6.46. The zero-order valence-electron chi connectivity index (χ0n) is 14.5. The van der Waals surface area contributed by atoms with Crippen LogP contribution in [-0.2, 0) is 4.79 Å². The van der Waals surface area contributed by atoms with Gasteiger partial charge in [0.2, 0.25) is 0 Å². The van der Waals surface area contributed by atoms with Crippen LogP contribution in [0.4, 0.5) is 0 Å². The van der Waals surface area contributed by atoms with E-state index in [0.717, 1.165) is 22.4 Å². The number of rotatable bonds is 5. The summed E-state index contributed by atoms with van der Waals surface area (Å²) in [4.78, 5) is 13.5. The zero-order valence-corrected chi connectivity index (χ0v) is 14.5. The summed E-state index contributed by atoms with van der Waals surface area (Å²) in [5, 5.41) is 8.01. The molecule has 0 aromatic heterocycles. The Balaban J connectivity index is 1.83. The Morgan fingerprint density at radius 3 is 2.68 bits per heavy atom. The highest BCUT2D eigenvalue weighted by molar-refractivity contribution is 6.10. The van der Waals surface area contributed by atoms with Crippen molar-refractivity contribution < 1.29 is 4.79 Å². The Morgan fingerprint density at radius 2 is 1.92 bits per heavy atom. The second kappa shape index (κ2) is 6.89. The van der Waals surface area contributed by atoms with Crippen molar-refractivity contribution in [2.75, 3.05) is 6.54 Å². The number of carbonyl (C=O) groups is 1. The Kier molecular flexibility index (Phi) is 4.66. The molecule has 1 aliphatic heterocycles. The van der Waals surface area contributed by atoms with Gasteiger partial charge in [-0.25, -0.2) is 0 Å². The lowest BCUT2D eigenvalue weighted by atomic mass is 9.89. The lowest BCUT2D eigenvalue weighted by Gasteiger charge is -2.30. The maximum Gasteiger partial charge on any atom is 0.130 e. The summed E-state index contributed by atoms with van der Waals surface area (Å²) >= 11 is 0. The van der Waals surface area contributed by atoms with Crippen molar-refractivity contribution in [2.45, 2.75) is 19.8 Å². The first-order valence-electron chi connectivity index (χ1n) is 8.37. The van der Waals surface area contributed by atoms with E-state index in [0.29, 0.717) is 30.7 Å². The molecule has 0 saturated heterocycles. The van der Waals surface area contributed by atoms with E-state index in [2.05, 4.69) is 36.3 Å². The van der Waals surface area contributed by atoms with Gasteiger partial charge in [-0.3, -0.25) is 0 Å². The van der Waals surface area contributed by atoms with Crippen molar-refractivity contribution in [3.8, 4) is 0 Å². The average molecular weight is 330 g/mol. The van der Waals surface area contributed by atoms with E-state index in [1.807, 2.05) is 30.5 Å². The Bertz CT molecular complexity index is 868. The third-order valence-electron chi connectivity index (χ3n) is 4.56. The van der Waals surface area contributed by atoms with Gasteiger partial charge in [-0.1, -0.05) is 37.4 Å². The summed E-state index contributed by atoms with van der Waals surface area (Å²) in [6.07, 6.45) is 9.06. The molecule has 25 heavy (non-hydrogen) atoms. The van der Waals surface area contributed by atoms with Crippen molar-refractivity contribution in [1.29, 1.82) is 5.41 Å². The van der Waals surface area contributed by atoms with Crippen LogP contribution in [0.2, 0.25) is 0 Å². The van der Waals surface area contributed by atoms with Crippen molar-refractivity contribution in [3.63, 3.8) is 0 Å². The lowest BCUT2D eigenvalue weighted by Crippen LogP contribution is -2.23. The molecule has 1 aromatic carbocycles. The van der Waals surface area contributed by atoms with E-state index in [1.54, 1.807) is 6.92 Å². The molecule has 0 amide bonds. The predicted octanol–water partition coefficient (Wildman–Crippen LogP) is 4.76. The number of hydrogen-bond acceptors (Lipinski definition) is 3. The topological polar surface area (TPSA) is 44.2 Å². The lowest BCUT2D eigenvalue weighted by molar-refractivity contribution is -0.116. The highest BCUT2D eigenvalue weighted by Crippen LogP contribution is 2.31. The maximum atomic E-state index is 11.4. The summed E-state index contributed by atoms with van der Waals surface area (Å²) in [5.41, 5.74) is 6.49. The normalized spacial score (nSPS) is 16.5. The second-order valence-electron chi connectivity index (χ2n) is 6.46. The molecule has 1 aromatic rings. The van der Waals surface area contributed by atoms with Crippen LogP contribution in [0.5, 0.6) is 0 Å². The Morgan fingerprint density at radius 1 is 1.16 bits per heavy atom. The van der Waals surface area contributed by atoms with Crippen LogP contribution in [0.1, 0.15) is 30.9 Å². The molecule has 3 rings (SSSR count). The number of allylic oxidation sites excluding steroid dienone is 3. The fourth-order valence-electron chi connectivity index (χ4n) is 3.08. The van der Waals surface area contributed by atoms with Gasteiger partial charge in [0, 0.05) is 30.4 Å². The van der Waals surface area contributed by atoms with E-state index in [4.69, 9.17) is 5.41 Å². The molecule has 0 fully saturated rings. The van der Waals surface area contributed by atoms with Crippen molar-refractivity contribution in [3.05, 3.63) is 83.6 Å². The van der Waals surface area contributed by atoms with Crippen LogP contribution in [0.25, 0.3) is 11.8 Å². The van der Waals surface area contributed by atoms with Gasteiger partial charge in [-0.15, -0.1) is 0 Å². The number of Topliss-reactive ketones (excluding diaryl/α,β-unsaturated/α-hetero) is 1. The number of carbonyl (C=O) groups excluding carboxylic acids is 1. The summed E-state index contributed by atoms with van der Waals surface area (Å²) in [6, 6.07) is 8.19. The summed E-state index contributed by atoms with van der Waals surface area (Å²) in [7, 11) is 0. The number of ketones is 1. The monoisotopic (exact) mass is 330 g/mol. The summed E-state index contributed by atoms with van der Waals surface area (Å²) in [6.45, 7) is 10.4. The van der Waals surface area contributed by atoms with Crippen molar-refractivity contribution >= 4 is 23.3 Å². The highest BCUT2D eigenvalue weighted by Gasteiger charge is 2.20. The predicted molar refractivity (Wildman–Crippen MR) is 104 cm³/mol. The standard InChI is InChI=1S/C22H22N2O/c1-15-12-20(19(13-22(15)23)9-8-16(2)25)14-24-11-10-18-6-4-5-7-21(18)17(24)3/h4-7,10-13,23H,1,3,8-9,14H2,2H3. The minimum absolute atomic E-state index is 0.160. The van der Waals surface area contributed by atoms with Gasteiger partial charge in [-0.05, 0) is 53.9 Å². The van der Waals surface area contributed by atoms with Crippen LogP contribution < -0.4 is 0 Å². The van der Waals surface area contributed by atoms with Crippen LogP contribution in [0.15, 0.2) is 72.5 Å². The Hall–Kier alpha value is -2.94. The maximum absolute atomic E-state index is 11.4. The Labute approximate surface area is 148 Å². The third-order valence-corrected chi connectivity index (χ3v) is 4.56. The van der Waals surface area contributed by atoms with E-state index in [-0.39, 0.29) is 5.78 Å². The van der Waals surface area contributed by atoms with Crippen LogP contribution in [-0.4, -0.2) is 22.9 Å². The van der Waals surface area contributed by atoms with Gasteiger partial charge in [0.25, 0.3) is 0 Å². The van der Waals surface area contributed by atoms with Crippen molar-refractivity contribution in [1.82, 2.24) is 4.90 Å². The molecule has 0 spiro atoms. The first-order valence-corrected chi connectivity index (χ1v) is 8.37.